The molecule has 0 aromatic heterocycles. The maximum atomic E-state index is 11.9. The standard InChI is InChI=1S/C15H29N3O3/c1-13(21-12-14-4-2-11-20-14)15(19)17-5-3-8-18-9-6-16-7-10-18/h13-14,16H,2-12H2,1H3,(H,17,19). The van der Waals surface area contributed by atoms with Crippen LogP contribution >= 0.6 is 0 Å². The third kappa shape index (κ3) is 6.30. The Bertz CT molecular complexity index is 303. The summed E-state index contributed by atoms with van der Waals surface area (Å²) in [6, 6.07) is 0. The van der Waals surface area contributed by atoms with Gasteiger partial charge in [0.15, 0.2) is 0 Å². The fraction of sp³-hybridized carbons (Fsp3) is 0.933. The van der Waals surface area contributed by atoms with Crippen LogP contribution < -0.4 is 10.6 Å². The minimum Gasteiger partial charge on any atom is -0.376 e. The Morgan fingerprint density at radius 1 is 1.48 bits per heavy atom. The van der Waals surface area contributed by atoms with Crippen molar-refractivity contribution in [1.82, 2.24) is 15.5 Å². The lowest BCUT2D eigenvalue weighted by atomic mass is 10.2. The summed E-state index contributed by atoms with van der Waals surface area (Å²) >= 11 is 0. The van der Waals surface area contributed by atoms with Crippen LogP contribution in [-0.2, 0) is 14.3 Å². The molecule has 0 aliphatic carbocycles. The lowest BCUT2D eigenvalue weighted by Gasteiger charge is -2.27. The number of hydrogen-bond acceptors (Lipinski definition) is 5. The molecule has 6 heteroatoms. The van der Waals surface area contributed by atoms with Crippen LogP contribution in [0, 0.1) is 0 Å². The number of piperazine rings is 1. The lowest BCUT2D eigenvalue weighted by molar-refractivity contribution is -0.133. The van der Waals surface area contributed by atoms with Crippen molar-refractivity contribution in [2.45, 2.75) is 38.4 Å². The van der Waals surface area contributed by atoms with E-state index in [1.165, 1.54) is 0 Å². The summed E-state index contributed by atoms with van der Waals surface area (Å²) in [5, 5.41) is 6.29. The maximum Gasteiger partial charge on any atom is 0.248 e. The molecule has 2 fully saturated rings. The molecule has 2 unspecified atom stereocenters. The number of carbonyl (C=O) groups excluding carboxylic acids is 1. The van der Waals surface area contributed by atoms with Crippen molar-refractivity contribution in [1.29, 1.82) is 0 Å². The highest BCUT2D eigenvalue weighted by atomic mass is 16.5. The summed E-state index contributed by atoms with van der Waals surface area (Å²) in [4.78, 5) is 14.3. The molecule has 0 saturated carbocycles. The van der Waals surface area contributed by atoms with Crippen molar-refractivity contribution in [3.63, 3.8) is 0 Å². The third-order valence-corrected chi connectivity index (χ3v) is 4.09. The zero-order valence-corrected chi connectivity index (χ0v) is 13.1. The van der Waals surface area contributed by atoms with Gasteiger partial charge in [0.2, 0.25) is 5.91 Å². The summed E-state index contributed by atoms with van der Waals surface area (Å²) in [6.45, 7) is 9.27. The Labute approximate surface area is 127 Å². The summed E-state index contributed by atoms with van der Waals surface area (Å²) in [7, 11) is 0. The Kier molecular flexibility index (Phi) is 7.43. The van der Waals surface area contributed by atoms with Crippen molar-refractivity contribution in [3.8, 4) is 0 Å². The van der Waals surface area contributed by atoms with Gasteiger partial charge in [0.1, 0.15) is 6.10 Å². The van der Waals surface area contributed by atoms with Gasteiger partial charge in [-0.3, -0.25) is 4.79 Å². The van der Waals surface area contributed by atoms with E-state index in [1.54, 1.807) is 6.92 Å². The minimum absolute atomic E-state index is 0.0201. The number of rotatable bonds is 8. The monoisotopic (exact) mass is 299 g/mol. The molecule has 2 N–H and O–H groups in total. The van der Waals surface area contributed by atoms with Gasteiger partial charge in [0.25, 0.3) is 0 Å². The zero-order valence-electron chi connectivity index (χ0n) is 13.1. The molecule has 6 nitrogen and oxygen atoms in total. The molecule has 2 aliphatic rings. The van der Waals surface area contributed by atoms with Crippen LogP contribution in [0.1, 0.15) is 26.2 Å². The quantitative estimate of drug-likeness (QED) is 0.617. The fourth-order valence-corrected chi connectivity index (χ4v) is 2.70. The Hall–Kier alpha value is -0.690. The molecule has 1 amide bonds. The van der Waals surface area contributed by atoms with Gasteiger partial charge in [-0.15, -0.1) is 0 Å². The first-order valence-electron chi connectivity index (χ1n) is 8.19. The SMILES string of the molecule is CC(OCC1CCCO1)C(=O)NCCCN1CCNCC1. The first kappa shape index (κ1) is 16.7. The second kappa shape index (κ2) is 9.35. The molecule has 0 bridgehead atoms. The van der Waals surface area contributed by atoms with Crippen molar-refractivity contribution in [3.05, 3.63) is 0 Å². The van der Waals surface area contributed by atoms with Gasteiger partial charge in [-0.05, 0) is 32.7 Å². The van der Waals surface area contributed by atoms with Crippen molar-refractivity contribution >= 4 is 5.91 Å². The van der Waals surface area contributed by atoms with Gasteiger partial charge in [0.05, 0.1) is 12.7 Å². The first-order valence-corrected chi connectivity index (χ1v) is 8.19. The smallest absolute Gasteiger partial charge is 0.248 e. The fourth-order valence-electron chi connectivity index (χ4n) is 2.70. The molecule has 0 aromatic rings. The number of nitrogens with one attached hydrogen (secondary N) is 2. The summed E-state index contributed by atoms with van der Waals surface area (Å²) in [5.41, 5.74) is 0. The molecular weight excluding hydrogens is 270 g/mol. The van der Waals surface area contributed by atoms with Crippen molar-refractivity contribution < 1.29 is 14.3 Å². The Morgan fingerprint density at radius 2 is 2.29 bits per heavy atom. The van der Waals surface area contributed by atoms with Gasteiger partial charge >= 0.3 is 0 Å². The Morgan fingerprint density at radius 3 is 3.00 bits per heavy atom. The second-order valence-electron chi connectivity index (χ2n) is 5.85. The molecule has 0 aromatic carbocycles. The average Bonchev–Trinajstić information content (AvgIpc) is 3.03. The van der Waals surface area contributed by atoms with Crippen molar-refractivity contribution in [2.75, 3.05) is 52.5 Å². The predicted octanol–water partition coefficient (Wildman–Crippen LogP) is -0.0180. The number of ether oxygens (including phenoxy) is 2. The summed E-state index contributed by atoms with van der Waals surface area (Å²) in [5.74, 6) is -0.0201. The number of hydrogen-bond donors (Lipinski definition) is 2. The predicted molar refractivity (Wildman–Crippen MR) is 81.3 cm³/mol. The molecule has 2 aliphatic heterocycles. The van der Waals surface area contributed by atoms with Gasteiger partial charge in [-0.1, -0.05) is 0 Å². The van der Waals surface area contributed by atoms with E-state index in [4.69, 9.17) is 9.47 Å². The molecule has 2 atom stereocenters. The van der Waals surface area contributed by atoms with Crippen LogP contribution in [0.3, 0.4) is 0 Å². The van der Waals surface area contributed by atoms with Crippen LogP contribution in [0.15, 0.2) is 0 Å². The van der Waals surface area contributed by atoms with E-state index in [0.29, 0.717) is 6.61 Å². The van der Waals surface area contributed by atoms with Crippen molar-refractivity contribution in [2.24, 2.45) is 0 Å². The van der Waals surface area contributed by atoms with Gasteiger partial charge in [0, 0.05) is 39.3 Å². The minimum atomic E-state index is -0.395. The van der Waals surface area contributed by atoms with Gasteiger partial charge in [-0.2, -0.15) is 0 Å². The summed E-state index contributed by atoms with van der Waals surface area (Å²) in [6.07, 6.45) is 2.91. The maximum absolute atomic E-state index is 11.9. The highest BCUT2D eigenvalue weighted by Gasteiger charge is 2.19. The summed E-state index contributed by atoms with van der Waals surface area (Å²) < 4.78 is 11.1. The average molecular weight is 299 g/mol. The molecule has 2 heterocycles. The normalized spacial score (nSPS) is 24.9. The van der Waals surface area contributed by atoms with Gasteiger partial charge < -0.3 is 25.0 Å². The van der Waals surface area contributed by atoms with E-state index in [-0.39, 0.29) is 12.0 Å². The van der Waals surface area contributed by atoms with Crippen LogP contribution in [-0.4, -0.2) is 75.5 Å². The molecule has 0 spiro atoms. The van der Waals surface area contributed by atoms with Crippen LogP contribution in [0.25, 0.3) is 0 Å². The third-order valence-electron chi connectivity index (χ3n) is 4.09. The van der Waals surface area contributed by atoms with E-state index in [0.717, 1.165) is 65.1 Å². The van der Waals surface area contributed by atoms with Crippen LogP contribution in [0.5, 0.6) is 0 Å². The number of carbonyl (C=O) groups is 1. The van der Waals surface area contributed by atoms with E-state index in [9.17, 15) is 4.79 Å². The second-order valence-corrected chi connectivity index (χ2v) is 5.85. The molecule has 122 valence electrons. The largest absolute Gasteiger partial charge is 0.376 e. The number of amides is 1. The number of nitrogens with zero attached hydrogens (tertiary/aromatic N) is 1. The topological polar surface area (TPSA) is 62.8 Å². The van der Waals surface area contributed by atoms with E-state index in [2.05, 4.69) is 15.5 Å². The molecular formula is C15H29N3O3. The van der Waals surface area contributed by atoms with E-state index >= 15 is 0 Å². The highest BCUT2D eigenvalue weighted by Crippen LogP contribution is 2.12. The van der Waals surface area contributed by atoms with E-state index in [1.807, 2.05) is 0 Å². The molecule has 2 rings (SSSR count). The highest BCUT2D eigenvalue weighted by molar-refractivity contribution is 5.80. The van der Waals surface area contributed by atoms with E-state index < -0.39 is 6.10 Å². The van der Waals surface area contributed by atoms with Crippen LogP contribution in [0.2, 0.25) is 0 Å². The molecule has 0 radical (unpaired) electrons. The lowest BCUT2D eigenvalue weighted by Crippen LogP contribution is -2.44. The Balaban J connectivity index is 1.49. The molecule has 2 saturated heterocycles. The molecule has 21 heavy (non-hydrogen) atoms. The first-order chi connectivity index (χ1) is 10.3. The zero-order chi connectivity index (χ0) is 14.9. The van der Waals surface area contributed by atoms with Gasteiger partial charge in [-0.25, -0.2) is 0 Å². The van der Waals surface area contributed by atoms with Crippen LogP contribution in [0.4, 0.5) is 0 Å².